The highest BCUT2D eigenvalue weighted by Crippen LogP contribution is 2.58. The van der Waals surface area contributed by atoms with E-state index in [1.165, 1.54) is 25.1 Å². The fraction of sp³-hybridized carbons (Fsp3) is 0.571. The normalized spacial score (nSPS) is 32.8. The van der Waals surface area contributed by atoms with Crippen LogP contribution in [0.3, 0.4) is 0 Å². The largest absolute Gasteiger partial charge is 0.330 e. The molecule has 3 rings (SSSR count). The summed E-state index contributed by atoms with van der Waals surface area (Å²) in [7, 11) is 2.23. The molecule has 2 aliphatic rings. The van der Waals surface area contributed by atoms with Crippen molar-refractivity contribution in [3.63, 3.8) is 0 Å². The summed E-state index contributed by atoms with van der Waals surface area (Å²) in [6, 6.07) is 9.16. The minimum atomic E-state index is 0.510. The van der Waals surface area contributed by atoms with Crippen molar-refractivity contribution < 1.29 is 0 Å². The zero-order valence-corrected chi connectivity index (χ0v) is 9.95. The van der Waals surface area contributed by atoms with Crippen LogP contribution in [0, 0.1) is 5.92 Å². The monoisotopic (exact) mass is 216 g/mol. The lowest BCUT2D eigenvalue weighted by Crippen LogP contribution is -2.22. The summed E-state index contributed by atoms with van der Waals surface area (Å²) < 4.78 is 0. The van der Waals surface area contributed by atoms with Crippen molar-refractivity contribution in [3.8, 4) is 0 Å². The smallest absolute Gasteiger partial charge is 0.0124 e. The molecule has 2 unspecified atom stereocenters. The van der Waals surface area contributed by atoms with Gasteiger partial charge < -0.3 is 10.6 Å². The molecule has 1 aromatic rings. The molecule has 1 heterocycles. The van der Waals surface area contributed by atoms with Crippen LogP contribution in [0.1, 0.15) is 17.5 Å². The average molecular weight is 216 g/mol. The molecule has 0 aromatic heterocycles. The predicted molar refractivity (Wildman–Crippen MR) is 66.5 cm³/mol. The Morgan fingerprint density at radius 3 is 2.69 bits per heavy atom. The summed E-state index contributed by atoms with van der Waals surface area (Å²) in [5, 5.41) is 0. The van der Waals surface area contributed by atoms with Crippen LogP contribution < -0.4 is 5.73 Å². The van der Waals surface area contributed by atoms with Crippen molar-refractivity contribution in [1.82, 2.24) is 4.90 Å². The highest BCUT2D eigenvalue weighted by atomic mass is 15.2. The molecule has 1 aliphatic heterocycles. The maximum atomic E-state index is 5.57. The van der Waals surface area contributed by atoms with Crippen LogP contribution in [0.2, 0.25) is 0 Å². The maximum absolute atomic E-state index is 5.57. The minimum Gasteiger partial charge on any atom is -0.330 e. The Balaban J connectivity index is 1.81. The Hall–Kier alpha value is -0.860. The van der Waals surface area contributed by atoms with E-state index in [2.05, 4.69) is 36.2 Å². The van der Waals surface area contributed by atoms with Gasteiger partial charge in [-0.2, -0.15) is 0 Å². The van der Waals surface area contributed by atoms with Crippen molar-refractivity contribution in [2.24, 2.45) is 11.7 Å². The fourth-order valence-corrected chi connectivity index (χ4v) is 3.35. The maximum Gasteiger partial charge on any atom is 0.0124 e. The first kappa shape index (κ1) is 10.3. The van der Waals surface area contributed by atoms with Crippen molar-refractivity contribution in [2.45, 2.75) is 18.3 Å². The zero-order chi connectivity index (χ0) is 11.2. The number of likely N-dealkylation sites (tertiary alicyclic amines) is 1. The molecule has 2 N–H and O–H groups in total. The molecular formula is C14H20N2. The number of piperidine rings is 1. The van der Waals surface area contributed by atoms with E-state index in [-0.39, 0.29) is 0 Å². The van der Waals surface area contributed by atoms with Crippen LogP contribution >= 0.6 is 0 Å². The second kappa shape index (κ2) is 3.57. The summed E-state index contributed by atoms with van der Waals surface area (Å²) >= 11 is 0. The Bertz CT molecular complexity index is 384. The van der Waals surface area contributed by atoms with Gasteiger partial charge in [0, 0.05) is 18.5 Å². The Kier molecular flexibility index (Phi) is 2.30. The third-order valence-electron chi connectivity index (χ3n) is 4.28. The summed E-state index contributed by atoms with van der Waals surface area (Å²) in [4.78, 5) is 2.46. The van der Waals surface area contributed by atoms with Gasteiger partial charge in [0.2, 0.25) is 0 Å². The average Bonchev–Trinajstić information content (AvgIpc) is 2.84. The first-order chi connectivity index (χ1) is 7.74. The zero-order valence-electron chi connectivity index (χ0n) is 9.95. The number of nitrogens with zero attached hydrogens (tertiary/aromatic N) is 1. The molecule has 1 saturated carbocycles. The number of fused-ring (bicyclic) bond motifs is 1. The van der Waals surface area contributed by atoms with E-state index in [0.29, 0.717) is 5.41 Å². The summed E-state index contributed by atoms with van der Waals surface area (Å²) in [6.45, 7) is 3.27. The van der Waals surface area contributed by atoms with Crippen LogP contribution in [0.5, 0.6) is 0 Å². The van der Waals surface area contributed by atoms with Gasteiger partial charge in [-0.15, -0.1) is 0 Å². The number of likely N-dealkylation sites (N-methyl/N-ethyl adjacent to an activating group) is 1. The summed E-state index contributed by atoms with van der Waals surface area (Å²) in [5.41, 5.74) is 8.99. The molecular weight excluding hydrogens is 196 g/mol. The van der Waals surface area contributed by atoms with Gasteiger partial charge in [0.15, 0.2) is 0 Å². The fourth-order valence-electron chi connectivity index (χ4n) is 3.35. The second-order valence-corrected chi connectivity index (χ2v) is 5.49. The molecule has 1 saturated heterocycles. The van der Waals surface area contributed by atoms with E-state index < -0.39 is 0 Å². The van der Waals surface area contributed by atoms with Gasteiger partial charge in [-0.3, -0.25) is 0 Å². The van der Waals surface area contributed by atoms with E-state index in [1.807, 2.05) is 0 Å². The molecule has 0 amide bonds. The molecule has 86 valence electrons. The van der Waals surface area contributed by atoms with Crippen molar-refractivity contribution in [2.75, 3.05) is 26.7 Å². The lowest BCUT2D eigenvalue weighted by molar-refractivity contribution is 0.363. The topological polar surface area (TPSA) is 29.3 Å². The van der Waals surface area contributed by atoms with Crippen LogP contribution in [0.25, 0.3) is 0 Å². The Morgan fingerprint density at radius 2 is 2.12 bits per heavy atom. The van der Waals surface area contributed by atoms with Gasteiger partial charge in [-0.1, -0.05) is 24.3 Å². The van der Waals surface area contributed by atoms with Crippen LogP contribution in [0.15, 0.2) is 24.3 Å². The molecule has 0 spiro atoms. The Labute approximate surface area is 97.4 Å². The van der Waals surface area contributed by atoms with Gasteiger partial charge in [-0.25, -0.2) is 0 Å². The number of rotatable bonds is 3. The van der Waals surface area contributed by atoms with E-state index >= 15 is 0 Å². The number of benzene rings is 1. The first-order valence-electron chi connectivity index (χ1n) is 6.23. The Morgan fingerprint density at radius 1 is 1.38 bits per heavy atom. The predicted octanol–water partition coefficient (Wildman–Crippen LogP) is 1.39. The van der Waals surface area contributed by atoms with Crippen molar-refractivity contribution in [3.05, 3.63) is 35.4 Å². The van der Waals surface area contributed by atoms with Crippen molar-refractivity contribution >= 4 is 0 Å². The molecule has 16 heavy (non-hydrogen) atoms. The van der Waals surface area contributed by atoms with Crippen LogP contribution in [0.4, 0.5) is 0 Å². The van der Waals surface area contributed by atoms with Crippen LogP contribution in [-0.4, -0.2) is 31.6 Å². The third-order valence-corrected chi connectivity index (χ3v) is 4.28. The molecule has 2 nitrogen and oxygen atoms in total. The number of hydrogen-bond donors (Lipinski definition) is 1. The van der Waals surface area contributed by atoms with Gasteiger partial charge in [-0.05, 0) is 43.5 Å². The molecule has 0 radical (unpaired) electrons. The third kappa shape index (κ3) is 1.48. The molecule has 2 atom stereocenters. The lowest BCUT2D eigenvalue weighted by atomic mass is 9.94. The van der Waals surface area contributed by atoms with E-state index in [0.717, 1.165) is 18.9 Å². The summed E-state index contributed by atoms with van der Waals surface area (Å²) in [6.07, 6.45) is 2.39. The minimum absolute atomic E-state index is 0.510. The molecule has 1 aromatic carbocycles. The standard InChI is InChI=1S/C14H20N2/c1-16-9-13-8-14(13,10-16)12-4-2-11(3-5-12)6-7-15/h2-5,13H,6-10,15H2,1H3. The summed E-state index contributed by atoms with van der Waals surface area (Å²) in [5.74, 6) is 0.915. The number of hydrogen-bond acceptors (Lipinski definition) is 2. The van der Waals surface area contributed by atoms with Gasteiger partial charge in [0.05, 0.1) is 0 Å². The first-order valence-corrected chi connectivity index (χ1v) is 6.23. The van der Waals surface area contributed by atoms with E-state index in [1.54, 1.807) is 5.56 Å². The molecule has 1 aliphatic carbocycles. The lowest BCUT2D eigenvalue weighted by Gasteiger charge is -2.16. The van der Waals surface area contributed by atoms with Crippen LogP contribution in [-0.2, 0) is 11.8 Å². The highest BCUT2D eigenvalue weighted by Gasteiger charge is 2.59. The van der Waals surface area contributed by atoms with E-state index in [4.69, 9.17) is 5.73 Å². The molecule has 0 bridgehead atoms. The number of nitrogens with two attached hydrogens (primary N) is 1. The quantitative estimate of drug-likeness (QED) is 0.827. The molecule has 2 heteroatoms. The van der Waals surface area contributed by atoms with Gasteiger partial charge in [0.1, 0.15) is 0 Å². The SMILES string of the molecule is CN1CC2CC2(c2ccc(CCN)cc2)C1. The second-order valence-electron chi connectivity index (χ2n) is 5.49. The van der Waals surface area contributed by atoms with Crippen molar-refractivity contribution in [1.29, 1.82) is 0 Å². The highest BCUT2D eigenvalue weighted by molar-refractivity contribution is 5.38. The van der Waals surface area contributed by atoms with E-state index in [9.17, 15) is 0 Å². The van der Waals surface area contributed by atoms with Gasteiger partial charge in [0.25, 0.3) is 0 Å². The molecule has 2 fully saturated rings. The van der Waals surface area contributed by atoms with Gasteiger partial charge >= 0.3 is 0 Å².